The Morgan fingerprint density at radius 3 is 2.11 bits per heavy atom. The lowest BCUT2D eigenvalue weighted by Gasteiger charge is -2.12. The second-order valence-corrected chi connectivity index (χ2v) is 4.33. The molecule has 0 heterocycles. The van der Waals surface area contributed by atoms with Gasteiger partial charge in [0, 0.05) is 0 Å². The van der Waals surface area contributed by atoms with Crippen LogP contribution in [0.2, 0.25) is 0 Å². The Labute approximate surface area is 106 Å². The minimum absolute atomic E-state index is 0.187. The molecule has 98 valence electrons. The van der Waals surface area contributed by atoms with Crippen LogP contribution >= 0.6 is 0 Å². The summed E-state index contributed by atoms with van der Waals surface area (Å²) in [6.07, 6.45) is 3.54. The fourth-order valence-corrected chi connectivity index (χ4v) is 2.06. The number of hydrogen-bond acceptors (Lipinski definition) is 2. The predicted octanol–water partition coefficient (Wildman–Crippen LogP) is 3.12. The Balaban J connectivity index is 3.18. The molecule has 0 aliphatic heterocycles. The van der Waals surface area contributed by atoms with Crippen LogP contribution in [0.3, 0.4) is 0 Å². The van der Waals surface area contributed by atoms with Crippen molar-refractivity contribution in [1.82, 2.24) is 0 Å². The van der Waals surface area contributed by atoms with Gasteiger partial charge in [-0.15, -0.1) is 0 Å². The van der Waals surface area contributed by atoms with Gasteiger partial charge in [0.2, 0.25) is 0 Å². The van der Waals surface area contributed by atoms with Crippen LogP contribution in [-0.2, 0) is 6.42 Å². The topological polar surface area (TPSA) is 74.6 Å². The molecule has 1 aromatic rings. The Hall–Kier alpha value is -1.84. The molecule has 1 rings (SSSR count). The van der Waals surface area contributed by atoms with Crippen LogP contribution in [0.5, 0.6) is 0 Å². The van der Waals surface area contributed by atoms with E-state index in [4.69, 9.17) is 10.2 Å². The van der Waals surface area contributed by atoms with E-state index in [2.05, 4.69) is 6.92 Å². The summed E-state index contributed by atoms with van der Waals surface area (Å²) in [5, 5.41) is 18.2. The lowest BCUT2D eigenvalue weighted by Crippen LogP contribution is -2.09. The molecule has 2 N–H and O–H groups in total. The van der Waals surface area contributed by atoms with Crippen molar-refractivity contribution in [3.63, 3.8) is 0 Å². The van der Waals surface area contributed by atoms with Gasteiger partial charge in [-0.25, -0.2) is 9.59 Å². The Bertz CT molecular complexity index is 463. The minimum Gasteiger partial charge on any atom is -0.478 e. The summed E-state index contributed by atoms with van der Waals surface area (Å²) in [4.78, 5) is 22.2. The zero-order valence-electron chi connectivity index (χ0n) is 10.7. The number of hydrogen-bond donors (Lipinski definition) is 2. The zero-order chi connectivity index (χ0) is 13.7. The molecule has 4 heteroatoms. The largest absolute Gasteiger partial charge is 0.478 e. The number of unbranched alkanes of at least 4 members (excludes halogenated alkanes) is 2. The lowest BCUT2D eigenvalue weighted by molar-refractivity contribution is 0.0679. The maximum absolute atomic E-state index is 11.1. The first kappa shape index (κ1) is 14.2. The molecule has 0 unspecified atom stereocenters. The molecule has 0 aliphatic carbocycles. The summed E-state index contributed by atoms with van der Waals surface area (Å²) < 4.78 is 0. The fraction of sp³-hybridized carbons (Fsp3) is 0.429. The van der Waals surface area contributed by atoms with Crippen LogP contribution in [0, 0.1) is 6.92 Å². The van der Waals surface area contributed by atoms with E-state index in [-0.39, 0.29) is 11.1 Å². The summed E-state index contributed by atoms with van der Waals surface area (Å²) in [5.41, 5.74) is 1.62. The molecule has 4 nitrogen and oxygen atoms in total. The summed E-state index contributed by atoms with van der Waals surface area (Å²) >= 11 is 0. The van der Waals surface area contributed by atoms with Gasteiger partial charge in [0.1, 0.15) is 0 Å². The Morgan fingerprint density at radius 2 is 1.61 bits per heavy atom. The van der Waals surface area contributed by atoms with Gasteiger partial charge >= 0.3 is 11.9 Å². The fourth-order valence-electron chi connectivity index (χ4n) is 2.06. The van der Waals surface area contributed by atoms with Crippen molar-refractivity contribution >= 4 is 11.9 Å². The maximum atomic E-state index is 11.1. The smallest absolute Gasteiger partial charge is 0.335 e. The third-order valence-corrected chi connectivity index (χ3v) is 3.09. The van der Waals surface area contributed by atoms with Crippen molar-refractivity contribution in [2.45, 2.75) is 39.5 Å². The summed E-state index contributed by atoms with van der Waals surface area (Å²) in [5.74, 6) is -2.01. The third-order valence-electron chi connectivity index (χ3n) is 3.09. The highest BCUT2D eigenvalue weighted by atomic mass is 16.4. The van der Waals surface area contributed by atoms with Gasteiger partial charge in [-0.3, -0.25) is 0 Å². The molecule has 0 aliphatic rings. The minimum atomic E-state index is -1.01. The van der Waals surface area contributed by atoms with Gasteiger partial charge in [-0.05, 0) is 43.0 Å². The molecular weight excluding hydrogens is 232 g/mol. The molecule has 0 radical (unpaired) electrons. The van der Waals surface area contributed by atoms with Gasteiger partial charge in [-0.2, -0.15) is 0 Å². The highest BCUT2D eigenvalue weighted by Crippen LogP contribution is 2.21. The van der Waals surface area contributed by atoms with E-state index in [1.165, 1.54) is 12.1 Å². The van der Waals surface area contributed by atoms with Crippen LogP contribution in [0.1, 0.15) is 58.0 Å². The predicted molar refractivity (Wildman–Crippen MR) is 68.3 cm³/mol. The average Bonchev–Trinajstić information content (AvgIpc) is 2.30. The molecule has 0 saturated heterocycles. The van der Waals surface area contributed by atoms with E-state index >= 15 is 0 Å². The lowest BCUT2D eigenvalue weighted by atomic mass is 9.93. The standard InChI is InChI=1S/C14H18O4/c1-3-4-5-6-10-9(2)11(13(15)16)7-8-12(10)14(17)18/h7-8H,3-6H2,1-2H3,(H,15,16)(H,17,18). The van der Waals surface area contributed by atoms with Crippen LogP contribution in [0.25, 0.3) is 0 Å². The van der Waals surface area contributed by atoms with Crippen molar-refractivity contribution in [3.8, 4) is 0 Å². The SMILES string of the molecule is CCCCCc1c(C(=O)O)ccc(C(=O)O)c1C. The molecule has 0 fully saturated rings. The molecule has 0 amide bonds. The van der Waals surface area contributed by atoms with Crippen LogP contribution in [-0.4, -0.2) is 22.2 Å². The molecule has 1 aromatic carbocycles. The molecule has 0 saturated carbocycles. The quantitative estimate of drug-likeness (QED) is 0.761. The summed E-state index contributed by atoms with van der Waals surface area (Å²) in [7, 11) is 0. The zero-order valence-corrected chi connectivity index (χ0v) is 10.7. The Kier molecular flexibility index (Phi) is 4.89. The molecule has 0 aromatic heterocycles. The molecule has 0 bridgehead atoms. The first-order chi connectivity index (χ1) is 8.49. The van der Waals surface area contributed by atoms with Crippen molar-refractivity contribution in [2.75, 3.05) is 0 Å². The van der Waals surface area contributed by atoms with E-state index in [1.54, 1.807) is 6.92 Å². The average molecular weight is 250 g/mol. The number of benzene rings is 1. The van der Waals surface area contributed by atoms with Gasteiger partial charge < -0.3 is 10.2 Å². The van der Waals surface area contributed by atoms with Crippen molar-refractivity contribution < 1.29 is 19.8 Å². The van der Waals surface area contributed by atoms with Gasteiger partial charge in [0.05, 0.1) is 11.1 Å². The Morgan fingerprint density at radius 1 is 1.06 bits per heavy atom. The number of aromatic carboxylic acids is 2. The monoisotopic (exact) mass is 250 g/mol. The van der Waals surface area contributed by atoms with Crippen molar-refractivity contribution in [2.24, 2.45) is 0 Å². The first-order valence-corrected chi connectivity index (χ1v) is 6.08. The number of carbonyl (C=O) groups is 2. The second-order valence-electron chi connectivity index (χ2n) is 4.33. The number of rotatable bonds is 6. The molecular formula is C14H18O4. The van der Waals surface area contributed by atoms with Crippen LogP contribution < -0.4 is 0 Å². The van der Waals surface area contributed by atoms with E-state index in [1.807, 2.05) is 0 Å². The highest BCUT2D eigenvalue weighted by molar-refractivity contribution is 5.94. The third kappa shape index (κ3) is 3.09. The van der Waals surface area contributed by atoms with Crippen LogP contribution in [0.15, 0.2) is 12.1 Å². The van der Waals surface area contributed by atoms with E-state index in [0.29, 0.717) is 17.5 Å². The van der Waals surface area contributed by atoms with Gasteiger partial charge in [0.15, 0.2) is 0 Å². The molecule has 18 heavy (non-hydrogen) atoms. The summed E-state index contributed by atoms with van der Waals surface area (Å²) in [6, 6.07) is 2.75. The van der Waals surface area contributed by atoms with E-state index < -0.39 is 11.9 Å². The van der Waals surface area contributed by atoms with E-state index in [0.717, 1.165) is 19.3 Å². The summed E-state index contributed by atoms with van der Waals surface area (Å²) in [6.45, 7) is 3.75. The van der Waals surface area contributed by atoms with Crippen molar-refractivity contribution in [3.05, 3.63) is 34.4 Å². The van der Waals surface area contributed by atoms with Crippen LogP contribution in [0.4, 0.5) is 0 Å². The molecule has 0 atom stereocenters. The van der Waals surface area contributed by atoms with E-state index in [9.17, 15) is 9.59 Å². The van der Waals surface area contributed by atoms with Gasteiger partial charge in [-0.1, -0.05) is 19.8 Å². The normalized spacial score (nSPS) is 10.3. The first-order valence-electron chi connectivity index (χ1n) is 6.08. The number of carboxylic acid groups (broad SMARTS) is 2. The second kappa shape index (κ2) is 6.19. The van der Waals surface area contributed by atoms with Crippen molar-refractivity contribution in [1.29, 1.82) is 0 Å². The highest BCUT2D eigenvalue weighted by Gasteiger charge is 2.17. The van der Waals surface area contributed by atoms with Gasteiger partial charge in [0.25, 0.3) is 0 Å². The maximum Gasteiger partial charge on any atom is 0.335 e. The number of carboxylic acids is 2. The molecule has 0 spiro atoms.